The van der Waals surface area contributed by atoms with Crippen LogP contribution in [0.2, 0.25) is 0 Å². The smallest absolute Gasteiger partial charge is 0.194 e. The van der Waals surface area contributed by atoms with Gasteiger partial charge in [-0.2, -0.15) is 0 Å². The van der Waals surface area contributed by atoms with Crippen molar-refractivity contribution in [1.29, 1.82) is 0 Å². The Morgan fingerprint density at radius 2 is 2.14 bits per heavy atom. The van der Waals surface area contributed by atoms with Crippen LogP contribution in [-0.2, 0) is 0 Å². The van der Waals surface area contributed by atoms with Gasteiger partial charge in [0.05, 0.1) is 13.7 Å². The van der Waals surface area contributed by atoms with E-state index in [1.165, 1.54) is 5.69 Å². The summed E-state index contributed by atoms with van der Waals surface area (Å²) in [6.45, 7) is 11.2. The van der Waals surface area contributed by atoms with Gasteiger partial charge in [-0.1, -0.05) is 12.1 Å². The molecule has 1 aliphatic heterocycles. The molecule has 22 heavy (non-hydrogen) atoms. The van der Waals surface area contributed by atoms with E-state index in [4.69, 9.17) is 4.74 Å². The topological polar surface area (TPSA) is 40.1 Å². The number of piperazine rings is 1. The number of nitrogens with zero attached hydrogens (tertiary/aromatic N) is 3. The lowest BCUT2D eigenvalue weighted by atomic mass is 10.2. The third kappa shape index (κ3) is 4.16. The first kappa shape index (κ1) is 16.2. The van der Waals surface area contributed by atoms with Crippen molar-refractivity contribution in [3.05, 3.63) is 36.9 Å². The molecular formula is C17H26N4O. The minimum atomic E-state index is 0.651. The van der Waals surface area contributed by atoms with E-state index in [-0.39, 0.29) is 0 Å². The van der Waals surface area contributed by atoms with E-state index in [9.17, 15) is 0 Å². The lowest BCUT2D eigenvalue weighted by Crippen LogP contribution is -2.52. The van der Waals surface area contributed by atoms with E-state index < -0.39 is 0 Å². The number of hydrogen-bond donors (Lipinski definition) is 1. The number of rotatable bonds is 5. The predicted octanol–water partition coefficient (Wildman–Crippen LogP) is 1.97. The molecule has 0 bridgehead atoms. The average Bonchev–Trinajstić information content (AvgIpc) is 2.59. The lowest BCUT2D eigenvalue weighted by Gasteiger charge is -2.37. The van der Waals surface area contributed by atoms with Gasteiger partial charge >= 0.3 is 0 Å². The van der Waals surface area contributed by atoms with Crippen molar-refractivity contribution in [3.63, 3.8) is 0 Å². The molecule has 5 nitrogen and oxygen atoms in total. The second-order valence-corrected chi connectivity index (χ2v) is 5.16. The van der Waals surface area contributed by atoms with Gasteiger partial charge in [0.25, 0.3) is 0 Å². The Hall–Kier alpha value is -2.17. The van der Waals surface area contributed by atoms with Crippen LogP contribution in [-0.4, -0.2) is 57.2 Å². The molecule has 1 saturated heterocycles. The number of nitrogens with one attached hydrogen (secondary N) is 1. The molecule has 1 heterocycles. The van der Waals surface area contributed by atoms with Crippen LogP contribution >= 0.6 is 0 Å². The zero-order valence-electron chi connectivity index (χ0n) is 13.6. The largest absolute Gasteiger partial charge is 0.497 e. The summed E-state index contributed by atoms with van der Waals surface area (Å²) in [6.07, 6.45) is 1.82. The van der Waals surface area contributed by atoms with Crippen molar-refractivity contribution in [2.24, 2.45) is 4.99 Å². The first-order valence-corrected chi connectivity index (χ1v) is 7.81. The zero-order valence-corrected chi connectivity index (χ0v) is 13.6. The van der Waals surface area contributed by atoms with Crippen LogP contribution in [0.4, 0.5) is 5.69 Å². The molecule has 1 aliphatic rings. The standard InChI is InChI=1S/C17H26N4O/c1-4-9-19-17(18-5-2)21-12-10-20(11-13-21)15-7-6-8-16(14-15)22-3/h4,6-8,14H,1,5,9-13H2,2-3H3,(H,18,19). The fraction of sp³-hybridized carbons (Fsp3) is 0.471. The Morgan fingerprint density at radius 1 is 1.36 bits per heavy atom. The van der Waals surface area contributed by atoms with E-state index >= 15 is 0 Å². The van der Waals surface area contributed by atoms with Crippen LogP contribution < -0.4 is 15.0 Å². The number of methoxy groups -OCH3 is 1. The molecular weight excluding hydrogens is 276 g/mol. The van der Waals surface area contributed by atoms with E-state index in [1.54, 1.807) is 7.11 Å². The number of hydrogen-bond acceptors (Lipinski definition) is 3. The van der Waals surface area contributed by atoms with Gasteiger partial charge in [-0.25, -0.2) is 4.99 Å². The fourth-order valence-corrected chi connectivity index (χ4v) is 2.56. The van der Waals surface area contributed by atoms with Crippen LogP contribution in [0, 0.1) is 0 Å². The number of ether oxygens (including phenoxy) is 1. The molecule has 0 saturated carbocycles. The summed E-state index contributed by atoms with van der Waals surface area (Å²) in [5.74, 6) is 1.88. The summed E-state index contributed by atoms with van der Waals surface area (Å²) in [4.78, 5) is 9.25. The number of anilines is 1. The van der Waals surface area contributed by atoms with Gasteiger partial charge in [0.15, 0.2) is 5.96 Å². The molecule has 5 heteroatoms. The van der Waals surface area contributed by atoms with E-state index in [1.807, 2.05) is 18.2 Å². The molecule has 1 aromatic carbocycles. The van der Waals surface area contributed by atoms with Crippen molar-refractivity contribution in [1.82, 2.24) is 10.2 Å². The molecule has 1 aromatic rings. The molecule has 0 amide bonds. The SMILES string of the molecule is C=CCN=C(NCC)N1CCN(c2cccc(OC)c2)CC1. The molecule has 120 valence electrons. The fourth-order valence-electron chi connectivity index (χ4n) is 2.56. The normalized spacial score (nSPS) is 15.6. The molecule has 0 unspecified atom stereocenters. The summed E-state index contributed by atoms with van der Waals surface area (Å²) < 4.78 is 5.31. The van der Waals surface area contributed by atoms with Crippen LogP contribution in [0.15, 0.2) is 41.9 Å². The van der Waals surface area contributed by atoms with Crippen molar-refractivity contribution >= 4 is 11.6 Å². The molecule has 0 aliphatic carbocycles. The molecule has 0 spiro atoms. The Kier molecular flexibility index (Phi) is 6.13. The maximum atomic E-state index is 5.31. The van der Waals surface area contributed by atoms with E-state index in [0.29, 0.717) is 6.54 Å². The third-order valence-corrected chi connectivity index (χ3v) is 3.70. The van der Waals surface area contributed by atoms with Gasteiger partial charge < -0.3 is 19.9 Å². The molecule has 1 N–H and O–H groups in total. The van der Waals surface area contributed by atoms with Gasteiger partial charge in [-0.05, 0) is 19.1 Å². The van der Waals surface area contributed by atoms with Gasteiger partial charge in [-0.15, -0.1) is 6.58 Å². The lowest BCUT2D eigenvalue weighted by molar-refractivity contribution is 0.372. The summed E-state index contributed by atoms with van der Waals surface area (Å²) in [6, 6.07) is 8.24. The summed E-state index contributed by atoms with van der Waals surface area (Å²) in [7, 11) is 1.70. The third-order valence-electron chi connectivity index (χ3n) is 3.70. The molecule has 0 aromatic heterocycles. The van der Waals surface area contributed by atoms with Crippen LogP contribution in [0.1, 0.15) is 6.92 Å². The molecule has 0 atom stereocenters. The maximum Gasteiger partial charge on any atom is 0.194 e. The summed E-state index contributed by atoms with van der Waals surface area (Å²) in [5.41, 5.74) is 1.21. The van der Waals surface area contributed by atoms with Crippen molar-refractivity contribution in [2.75, 3.05) is 51.3 Å². The predicted molar refractivity (Wildman–Crippen MR) is 93.0 cm³/mol. The minimum Gasteiger partial charge on any atom is -0.497 e. The highest BCUT2D eigenvalue weighted by Gasteiger charge is 2.19. The first-order valence-electron chi connectivity index (χ1n) is 7.81. The van der Waals surface area contributed by atoms with Crippen molar-refractivity contribution in [2.45, 2.75) is 6.92 Å². The highest BCUT2D eigenvalue weighted by molar-refractivity contribution is 5.80. The Morgan fingerprint density at radius 3 is 2.77 bits per heavy atom. The van der Waals surface area contributed by atoms with Gasteiger partial charge in [0.1, 0.15) is 5.75 Å². The van der Waals surface area contributed by atoms with Crippen molar-refractivity contribution < 1.29 is 4.74 Å². The monoisotopic (exact) mass is 302 g/mol. The average molecular weight is 302 g/mol. The minimum absolute atomic E-state index is 0.651. The summed E-state index contributed by atoms with van der Waals surface area (Å²) >= 11 is 0. The molecule has 0 radical (unpaired) electrons. The van der Waals surface area contributed by atoms with E-state index in [0.717, 1.165) is 44.4 Å². The number of aliphatic imine (C=N–C) groups is 1. The highest BCUT2D eigenvalue weighted by atomic mass is 16.5. The van der Waals surface area contributed by atoms with Gasteiger partial charge in [0, 0.05) is 44.5 Å². The quantitative estimate of drug-likeness (QED) is 0.513. The highest BCUT2D eigenvalue weighted by Crippen LogP contribution is 2.22. The van der Waals surface area contributed by atoms with E-state index in [2.05, 4.69) is 45.7 Å². The van der Waals surface area contributed by atoms with Gasteiger partial charge in [-0.3, -0.25) is 0 Å². The summed E-state index contributed by atoms with van der Waals surface area (Å²) in [5, 5.41) is 3.35. The Balaban J connectivity index is 1.97. The maximum absolute atomic E-state index is 5.31. The van der Waals surface area contributed by atoms with Gasteiger partial charge in [0.2, 0.25) is 0 Å². The second-order valence-electron chi connectivity index (χ2n) is 5.16. The number of guanidine groups is 1. The number of benzene rings is 1. The Labute approximate surface area is 133 Å². The molecule has 2 rings (SSSR count). The van der Waals surface area contributed by atoms with Crippen LogP contribution in [0.3, 0.4) is 0 Å². The first-order chi connectivity index (χ1) is 10.8. The second kappa shape index (κ2) is 8.32. The molecule has 1 fully saturated rings. The van der Waals surface area contributed by atoms with Crippen LogP contribution in [0.25, 0.3) is 0 Å². The Bertz CT molecular complexity index is 507. The van der Waals surface area contributed by atoms with Crippen molar-refractivity contribution in [3.8, 4) is 5.75 Å². The van der Waals surface area contributed by atoms with Crippen LogP contribution in [0.5, 0.6) is 5.75 Å². The zero-order chi connectivity index (χ0) is 15.8.